The van der Waals surface area contributed by atoms with E-state index in [1.165, 1.54) is 19.3 Å². The molecule has 2 rings (SSSR count). The molecule has 0 saturated carbocycles. The third-order valence-electron chi connectivity index (χ3n) is 3.08. The van der Waals surface area contributed by atoms with Gasteiger partial charge in [-0.1, -0.05) is 29.8 Å². The van der Waals surface area contributed by atoms with Crippen molar-refractivity contribution < 1.29 is 24.2 Å². The van der Waals surface area contributed by atoms with E-state index in [0.29, 0.717) is 17.0 Å². The lowest BCUT2D eigenvalue weighted by molar-refractivity contribution is -0.131. The molecule has 130 valence electrons. The molecule has 0 bridgehead atoms. The topological polar surface area (TPSA) is 84.9 Å². The number of carboxylic acid groups (broad SMARTS) is 1. The second-order valence-corrected chi connectivity index (χ2v) is 5.32. The summed E-state index contributed by atoms with van der Waals surface area (Å²) in [5.41, 5.74) is 1.19. The minimum atomic E-state index is -1.08. The quantitative estimate of drug-likeness (QED) is 0.738. The molecular weight excluding hydrogens is 346 g/mol. The molecule has 6 nitrogen and oxygen atoms in total. The summed E-state index contributed by atoms with van der Waals surface area (Å²) in [6, 6.07) is 12.1. The smallest absolute Gasteiger partial charge is 0.328 e. The summed E-state index contributed by atoms with van der Waals surface area (Å²) in [6.45, 7) is -0.255. The van der Waals surface area contributed by atoms with E-state index in [1.807, 2.05) is 6.07 Å². The van der Waals surface area contributed by atoms with Crippen LogP contribution < -0.4 is 14.8 Å². The molecule has 25 heavy (non-hydrogen) atoms. The number of nitrogens with one attached hydrogen (secondary N) is 1. The Morgan fingerprint density at radius 3 is 2.60 bits per heavy atom. The molecule has 0 aliphatic heterocycles. The van der Waals surface area contributed by atoms with Crippen molar-refractivity contribution in [2.45, 2.75) is 0 Å². The van der Waals surface area contributed by atoms with Gasteiger partial charge in [0.15, 0.2) is 18.1 Å². The number of hydrogen-bond donors (Lipinski definition) is 2. The van der Waals surface area contributed by atoms with Gasteiger partial charge < -0.3 is 19.9 Å². The molecule has 0 aromatic heterocycles. The highest BCUT2D eigenvalue weighted by molar-refractivity contribution is 6.32. The molecule has 0 radical (unpaired) electrons. The van der Waals surface area contributed by atoms with Gasteiger partial charge in [0.1, 0.15) is 0 Å². The number of hydrogen-bond acceptors (Lipinski definition) is 4. The summed E-state index contributed by atoms with van der Waals surface area (Å²) in [5.74, 6) is -0.919. The van der Waals surface area contributed by atoms with Crippen LogP contribution in [-0.4, -0.2) is 30.7 Å². The maximum atomic E-state index is 11.9. The fourth-order valence-corrected chi connectivity index (χ4v) is 2.27. The van der Waals surface area contributed by atoms with Crippen LogP contribution in [0.5, 0.6) is 11.5 Å². The van der Waals surface area contributed by atoms with Crippen LogP contribution in [0.2, 0.25) is 5.02 Å². The Bertz CT molecular complexity index is 790. The van der Waals surface area contributed by atoms with Crippen molar-refractivity contribution in [2.24, 2.45) is 0 Å². The Balaban J connectivity index is 2.08. The molecular formula is C18H16ClNO5. The van der Waals surface area contributed by atoms with E-state index in [0.717, 1.165) is 6.08 Å². The molecule has 0 atom stereocenters. The fourth-order valence-electron chi connectivity index (χ4n) is 2.00. The summed E-state index contributed by atoms with van der Waals surface area (Å²) in [5, 5.41) is 11.6. The summed E-state index contributed by atoms with van der Waals surface area (Å²) in [4.78, 5) is 22.5. The first-order chi connectivity index (χ1) is 12.0. The number of rotatable bonds is 7. The van der Waals surface area contributed by atoms with Gasteiger partial charge in [-0.3, -0.25) is 4.79 Å². The van der Waals surface area contributed by atoms with Crippen molar-refractivity contribution in [1.29, 1.82) is 0 Å². The first kappa shape index (κ1) is 18.4. The predicted molar refractivity (Wildman–Crippen MR) is 95.2 cm³/mol. The van der Waals surface area contributed by atoms with Crippen LogP contribution in [0, 0.1) is 0 Å². The van der Waals surface area contributed by atoms with E-state index in [9.17, 15) is 9.59 Å². The van der Waals surface area contributed by atoms with Crippen molar-refractivity contribution in [3.05, 3.63) is 59.1 Å². The van der Waals surface area contributed by atoms with Gasteiger partial charge in [-0.25, -0.2) is 4.79 Å². The molecule has 0 saturated heterocycles. The average Bonchev–Trinajstić information content (AvgIpc) is 2.59. The van der Waals surface area contributed by atoms with Gasteiger partial charge in [-0.05, 0) is 35.9 Å². The fraction of sp³-hybridized carbons (Fsp3) is 0.111. The largest absolute Gasteiger partial charge is 0.493 e. The molecule has 0 heterocycles. The van der Waals surface area contributed by atoms with Gasteiger partial charge >= 0.3 is 5.97 Å². The van der Waals surface area contributed by atoms with Crippen LogP contribution in [0.4, 0.5) is 5.69 Å². The Hall–Kier alpha value is -2.99. The van der Waals surface area contributed by atoms with E-state index in [4.69, 9.17) is 26.2 Å². The molecule has 0 fully saturated rings. The number of para-hydroxylation sites is 1. The van der Waals surface area contributed by atoms with E-state index in [1.54, 1.807) is 30.3 Å². The molecule has 2 aromatic carbocycles. The zero-order valence-corrected chi connectivity index (χ0v) is 14.1. The summed E-state index contributed by atoms with van der Waals surface area (Å²) < 4.78 is 10.7. The van der Waals surface area contributed by atoms with Crippen molar-refractivity contribution in [3.63, 3.8) is 0 Å². The number of methoxy groups -OCH3 is 1. The Kier molecular flexibility index (Phi) is 6.42. The van der Waals surface area contributed by atoms with Crippen LogP contribution in [0.3, 0.4) is 0 Å². The lowest BCUT2D eigenvalue weighted by Crippen LogP contribution is -2.20. The number of ether oxygens (including phenoxy) is 2. The zero-order chi connectivity index (χ0) is 18.2. The van der Waals surface area contributed by atoms with Gasteiger partial charge in [-0.2, -0.15) is 0 Å². The summed E-state index contributed by atoms with van der Waals surface area (Å²) >= 11 is 6.15. The molecule has 0 aliphatic rings. The van der Waals surface area contributed by atoms with E-state index in [-0.39, 0.29) is 23.3 Å². The maximum absolute atomic E-state index is 11.9. The number of carbonyl (C=O) groups excluding carboxylic acids is 1. The van der Waals surface area contributed by atoms with Crippen molar-refractivity contribution in [2.75, 3.05) is 19.0 Å². The Morgan fingerprint density at radius 1 is 1.24 bits per heavy atom. The van der Waals surface area contributed by atoms with Gasteiger partial charge in [0.2, 0.25) is 0 Å². The molecule has 2 N–H and O–H groups in total. The minimum Gasteiger partial charge on any atom is -0.493 e. The normalized spacial score (nSPS) is 10.5. The highest BCUT2D eigenvalue weighted by atomic mass is 35.5. The Morgan fingerprint density at radius 2 is 1.96 bits per heavy atom. The molecule has 0 unspecified atom stereocenters. The van der Waals surface area contributed by atoms with Crippen molar-refractivity contribution in [1.82, 2.24) is 0 Å². The number of carboxylic acids is 1. The van der Waals surface area contributed by atoms with Gasteiger partial charge in [0.25, 0.3) is 5.91 Å². The lowest BCUT2D eigenvalue weighted by atomic mass is 10.2. The third-order valence-corrected chi connectivity index (χ3v) is 3.36. The van der Waals surface area contributed by atoms with E-state index < -0.39 is 5.97 Å². The highest BCUT2D eigenvalue weighted by Crippen LogP contribution is 2.36. The van der Waals surface area contributed by atoms with Crippen molar-refractivity contribution in [3.8, 4) is 11.5 Å². The third kappa shape index (κ3) is 5.54. The molecule has 1 amide bonds. The van der Waals surface area contributed by atoms with E-state index >= 15 is 0 Å². The van der Waals surface area contributed by atoms with Crippen LogP contribution >= 0.6 is 11.6 Å². The first-order valence-electron chi connectivity index (χ1n) is 7.26. The van der Waals surface area contributed by atoms with Crippen LogP contribution in [-0.2, 0) is 9.59 Å². The molecule has 7 heteroatoms. The lowest BCUT2D eigenvalue weighted by Gasteiger charge is -2.13. The number of halogens is 1. The molecule has 0 spiro atoms. The standard InChI is InChI=1S/C18H16ClNO5/c1-24-15-10-12(7-8-17(22)23)9-14(19)18(15)25-11-16(21)20-13-5-3-2-4-6-13/h2-10H,11H2,1H3,(H,20,21)(H,22,23)/b8-7+. The van der Waals surface area contributed by atoms with Gasteiger partial charge in [0, 0.05) is 11.8 Å². The molecule has 0 aliphatic carbocycles. The SMILES string of the molecule is COc1cc(/C=C/C(=O)O)cc(Cl)c1OCC(=O)Nc1ccccc1. The number of benzene rings is 2. The maximum Gasteiger partial charge on any atom is 0.328 e. The van der Waals surface area contributed by atoms with Gasteiger partial charge in [-0.15, -0.1) is 0 Å². The number of carbonyl (C=O) groups is 2. The number of anilines is 1. The minimum absolute atomic E-state index is 0.205. The second kappa shape index (κ2) is 8.75. The summed E-state index contributed by atoms with van der Waals surface area (Å²) in [6.07, 6.45) is 2.36. The Labute approximate surface area is 149 Å². The second-order valence-electron chi connectivity index (χ2n) is 4.91. The van der Waals surface area contributed by atoms with Crippen LogP contribution in [0.15, 0.2) is 48.5 Å². The predicted octanol–water partition coefficient (Wildman–Crippen LogP) is 3.46. The first-order valence-corrected chi connectivity index (χ1v) is 7.63. The van der Waals surface area contributed by atoms with Crippen LogP contribution in [0.25, 0.3) is 6.08 Å². The monoisotopic (exact) mass is 361 g/mol. The van der Waals surface area contributed by atoms with Crippen LogP contribution in [0.1, 0.15) is 5.56 Å². The number of amides is 1. The summed E-state index contributed by atoms with van der Waals surface area (Å²) in [7, 11) is 1.42. The highest BCUT2D eigenvalue weighted by Gasteiger charge is 2.13. The zero-order valence-electron chi connectivity index (χ0n) is 13.4. The van der Waals surface area contributed by atoms with E-state index in [2.05, 4.69) is 5.32 Å². The van der Waals surface area contributed by atoms with Gasteiger partial charge in [0.05, 0.1) is 12.1 Å². The average molecular weight is 362 g/mol. The van der Waals surface area contributed by atoms with Crippen molar-refractivity contribution >= 4 is 35.2 Å². The number of aliphatic carboxylic acids is 1. The molecule has 2 aromatic rings.